The zero-order valence-electron chi connectivity index (χ0n) is 23.4. The van der Waals surface area contributed by atoms with E-state index in [0.717, 1.165) is 5.56 Å². The number of carboxylic acid groups (broad SMARTS) is 1. The fourth-order valence-electron chi connectivity index (χ4n) is 4.17. The van der Waals surface area contributed by atoms with E-state index < -0.39 is 47.9 Å². The SMILES string of the molecule is NC(N)=NCCCC(N)C(=O)NC(Cc1ccccc1)C(=O)NC(Cc1cnc[nH]1)C(=O)NC(Cc1cnc[nH]1)C(=O)O. The third-order valence-electron chi connectivity index (χ3n) is 6.43. The predicted octanol–water partition coefficient (Wildman–Crippen LogP) is -1.92. The van der Waals surface area contributed by atoms with Gasteiger partial charge >= 0.3 is 5.97 Å². The summed E-state index contributed by atoms with van der Waals surface area (Å²) in [5.74, 6) is -3.30. The number of aliphatic imine (C=N–C) groups is 1. The summed E-state index contributed by atoms with van der Waals surface area (Å²) in [7, 11) is 0. The highest BCUT2D eigenvalue weighted by Crippen LogP contribution is 2.08. The summed E-state index contributed by atoms with van der Waals surface area (Å²) >= 11 is 0. The molecule has 3 aromatic rings. The van der Waals surface area contributed by atoms with Gasteiger partial charge < -0.3 is 48.2 Å². The molecule has 3 amide bonds. The fourth-order valence-corrected chi connectivity index (χ4v) is 4.17. The molecular weight excluding hydrogens is 558 g/mol. The van der Waals surface area contributed by atoms with Gasteiger partial charge in [0, 0.05) is 49.6 Å². The van der Waals surface area contributed by atoms with Crippen molar-refractivity contribution >= 4 is 29.7 Å². The van der Waals surface area contributed by atoms with E-state index >= 15 is 0 Å². The number of imidazole rings is 2. The lowest BCUT2D eigenvalue weighted by Gasteiger charge is -2.25. The number of aromatic amines is 2. The number of guanidine groups is 1. The Morgan fingerprint density at radius 1 is 0.814 bits per heavy atom. The van der Waals surface area contributed by atoms with Gasteiger partial charge in [-0.3, -0.25) is 19.4 Å². The van der Waals surface area contributed by atoms with Crippen LogP contribution in [0, 0.1) is 0 Å². The van der Waals surface area contributed by atoms with Crippen molar-refractivity contribution in [2.45, 2.75) is 56.3 Å². The molecule has 0 aliphatic carbocycles. The number of carboxylic acids is 1. The van der Waals surface area contributed by atoms with Crippen LogP contribution in [0.4, 0.5) is 0 Å². The van der Waals surface area contributed by atoms with Crippen molar-refractivity contribution < 1.29 is 24.3 Å². The molecule has 1 aromatic carbocycles. The molecule has 0 aliphatic heterocycles. The molecule has 3 rings (SSSR count). The Kier molecular flexibility index (Phi) is 12.2. The Morgan fingerprint density at radius 2 is 1.35 bits per heavy atom. The Balaban J connectivity index is 1.76. The summed E-state index contributed by atoms with van der Waals surface area (Å²) in [4.78, 5) is 69.2. The summed E-state index contributed by atoms with van der Waals surface area (Å²) in [6.07, 6.45) is 6.48. The van der Waals surface area contributed by atoms with Crippen LogP contribution in [-0.2, 0) is 38.4 Å². The van der Waals surface area contributed by atoms with Crippen molar-refractivity contribution in [2.24, 2.45) is 22.2 Å². The van der Waals surface area contributed by atoms with Crippen molar-refractivity contribution in [2.75, 3.05) is 6.54 Å². The number of benzene rings is 1. The highest BCUT2D eigenvalue weighted by molar-refractivity contribution is 5.94. The number of amides is 3. The molecule has 0 saturated carbocycles. The summed E-state index contributed by atoms with van der Waals surface area (Å²) < 4.78 is 0. The first-order chi connectivity index (χ1) is 20.6. The number of nitrogens with zero attached hydrogens (tertiary/aromatic N) is 3. The number of hydrogen-bond acceptors (Lipinski definition) is 8. The van der Waals surface area contributed by atoms with Gasteiger partial charge in [0.15, 0.2) is 5.96 Å². The van der Waals surface area contributed by atoms with Gasteiger partial charge in [-0.25, -0.2) is 14.8 Å². The number of H-pyrrole nitrogens is 2. The maximum atomic E-state index is 13.6. The lowest BCUT2D eigenvalue weighted by molar-refractivity contribution is -0.142. The molecular formula is C27H37N11O5. The second-order valence-corrected chi connectivity index (χ2v) is 9.83. The lowest BCUT2D eigenvalue weighted by atomic mass is 10.0. The molecule has 0 radical (unpaired) electrons. The van der Waals surface area contributed by atoms with Gasteiger partial charge in [-0.2, -0.15) is 0 Å². The molecule has 16 heteroatoms. The topological polar surface area (TPSA) is 272 Å². The lowest BCUT2D eigenvalue weighted by Crippen LogP contribution is -2.58. The number of nitrogens with one attached hydrogen (secondary N) is 5. The maximum absolute atomic E-state index is 13.6. The van der Waals surface area contributed by atoms with E-state index in [1.165, 1.54) is 25.0 Å². The average Bonchev–Trinajstić information content (AvgIpc) is 3.69. The number of aliphatic carboxylic acids is 1. The third-order valence-corrected chi connectivity index (χ3v) is 6.43. The highest BCUT2D eigenvalue weighted by atomic mass is 16.4. The number of carbonyl (C=O) groups excluding carboxylic acids is 3. The van der Waals surface area contributed by atoms with E-state index in [-0.39, 0.29) is 31.6 Å². The average molecular weight is 596 g/mol. The van der Waals surface area contributed by atoms with E-state index in [1.807, 2.05) is 6.07 Å². The van der Waals surface area contributed by atoms with Gasteiger partial charge in [0.25, 0.3) is 0 Å². The van der Waals surface area contributed by atoms with E-state index in [2.05, 4.69) is 40.9 Å². The standard InChI is InChI=1S/C27H37N11O5/c28-19(7-4-8-33-27(29)30)23(39)36-20(9-16-5-2-1-3-6-16)24(40)37-21(10-17-12-31-14-34-17)25(41)38-22(26(42)43)11-18-13-32-15-35-18/h1-3,5-6,12-15,19-22H,4,7-11,28H2,(H,31,34)(H,32,35)(H,36,39)(H,37,40)(H,38,41)(H,42,43)(H4,29,30,33). The third kappa shape index (κ3) is 10.9. The van der Waals surface area contributed by atoms with Gasteiger partial charge in [-0.05, 0) is 18.4 Å². The smallest absolute Gasteiger partial charge is 0.326 e. The maximum Gasteiger partial charge on any atom is 0.326 e. The van der Waals surface area contributed by atoms with Crippen LogP contribution in [0.2, 0.25) is 0 Å². The minimum atomic E-state index is -1.30. The molecule has 4 atom stereocenters. The first-order valence-electron chi connectivity index (χ1n) is 13.6. The minimum absolute atomic E-state index is 0.0235. The van der Waals surface area contributed by atoms with Gasteiger partial charge in [0.1, 0.15) is 18.1 Å². The largest absolute Gasteiger partial charge is 0.480 e. The molecule has 0 aliphatic rings. The molecule has 2 aromatic heterocycles. The second-order valence-electron chi connectivity index (χ2n) is 9.83. The fraction of sp³-hybridized carbons (Fsp3) is 0.370. The molecule has 0 fully saturated rings. The van der Waals surface area contributed by atoms with E-state index in [1.54, 1.807) is 24.3 Å². The molecule has 12 N–H and O–H groups in total. The molecule has 2 heterocycles. The Morgan fingerprint density at radius 3 is 1.88 bits per heavy atom. The number of aromatic nitrogens is 4. The van der Waals surface area contributed by atoms with Crippen molar-refractivity contribution in [3.8, 4) is 0 Å². The Labute approximate surface area is 247 Å². The molecule has 0 bridgehead atoms. The monoisotopic (exact) mass is 595 g/mol. The van der Waals surface area contributed by atoms with Gasteiger partial charge in [-0.1, -0.05) is 30.3 Å². The summed E-state index contributed by atoms with van der Waals surface area (Å²) in [6, 6.07) is 4.44. The summed E-state index contributed by atoms with van der Waals surface area (Å²) in [6.45, 7) is 0.291. The van der Waals surface area contributed by atoms with Crippen molar-refractivity contribution in [1.82, 2.24) is 35.9 Å². The number of carbonyl (C=O) groups is 4. The van der Waals surface area contributed by atoms with Crippen molar-refractivity contribution in [3.05, 3.63) is 72.3 Å². The first-order valence-corrected chi connectivity index (χ1v) is 13.6. The van der Waals surface area contributed by atoms with Crippen LogP contribution >= 0.6 is 0 Å². The number of nitrogens with two attached hydrogens (primary N) is 3. The second kappa shape index (κ2) is 16.3. The van der Waals surface area contributed by atoms with Gasteiger partial charge in [0.05, 0.1) is 18.7 Å². The Bertz CT molecular complexity index is 1340. The van der Waals surface area contributed by atoms with Crippen LogP contribution in [-0.4, -0.2) is 85.4 Å². The van der Waals surface area contributed by atoms with Crippen LogP contribution in [0.5, 0.6) is 0 Å². The van der Waals surface area contributed by atoms with Crippen LogP contribution < -0.4 is 33.2 Å². The first kappa shape index (κ1) is 32.3. The molecule has 230 valence electrons. The van der Waals surface area contributed by atoms with Crippen LogP contribution in [0.3, 0.4) is 0 Å². The van der Waals surface area contributed by atoms with Gasteiger partial charge in [-0.15, -0.1) is 0 Å². The van der Waals surface area contributed by atoms with Crippen molar-refractivity contribution in [3.63, 3.8) is 0 Å². The van der Waals surface area contributed by atoms with Gasteiger partial charge in [0.2, 0.25) is 17.7 Å². The number of hydrogen-bond donors (Lipinski definition) is 9. The van der Waals surface area contributed by atoms with Crippen LogP contribution in [0.1, 0.15) is 29.8 Å². The van der Waals surface area contributed by atoms with E-state index in [9.17, 15) is 24.3 Å². The minimum Gasteiger partial charge on any atom is -0.480 e. The van der Waals surface area contributed by atoms with E-state index in [0.29, 0.717) is 24.4 Å². The summed E-state index contributed by atoms with van der Waals surface area (Å²) in [5, 5.41) is 17.6. The highest BCUT2D eigenvalue weighted by Gasteiger charge is 2.31. The normalized spacial score (nSPS) is 13.6. The van der Waals surface area contributed by atoms with Crippen LogP contribution in [0.25, 0.3) is 0 Å². The number of rotatable bonds is 17. The Hall–Kier alpha value is -5.25. The molecule has 16 nitrogen and oxygen atoms in total. The molecule has 0 spiro atoms. The summed E-state index contributed by atoms with van der Waals surface area (Å²) in [5.41, 5.74) is 18.5. The van der Waals surface area contributed by atoms with Crippen LogP contribution in [0.15, 0.2) is 60.4 Å². The molecule has 43 heavy (non-hydrogen) atoms. The van der Waals surface area contributed by atoms with Crippen molar-refractivity contribution in [1.29, 1.82) is 0 Å². The predicted molar refractivity (Wildman–Crippen MR) is 156 cm³/mol. The zero-order chi connectivity index (χ0) is 31.2. The molecule has 4 unspecified atom stereocenters. The van der Waals surface area contributed by atoms with E-state index in [4.69, 9.17) is 17.2 Å². The molecule has 0 saturated heterocycles. The zero-order valence-corrected chi connectivity index (χ0v) is 23.4. The quantitative estimate of drug-likeness (QED) is 0.0474.